The van der Waals surface area contributed by atoms with Crippen LogP contribution < -0.4 is 9.47 Å². The molecule has 1 aliphatic heterocycles. The van der Waals surface area contributed by atoms with Crippen molar-refractivity contribution in [3.63, 3.8) is 0 Å². The average Bonchev–Trinajstić information content (AvgIpc) is 3.11. The van der Waals surface area contributed by atoms with Gasteiger partial charge in [-0.1, -0.05) is 23.7 Å². The molecule has 0 bridgehead atoms. The van der Waals surface area contributed by atoms with Gasteiger partial charge in [0, 0.05) is 18.5 Å². The predicted molar refractivity (Wildman–Crippen MR) is 108 cm³/mol. The molecule has 0 saturated carbocycles. The summed E-state index contributed by atoms with van der Waals surface area (Å²) in [5.41, 5.74) is 1.14. The lowest BCUT2D eigenvalue weighted by atomic mass is 10.1. The Bertz CT molecular complexity index is 851. The van der Waals surface area contributed by atoms with Gasteiger partial charge in [0.1, 0.15) is 28.4 Å². The zero-order chi connectivity index (χ0) is 20.3. The Labute approximate surface area is 170 Å². The van der Waals surface area contributed by atoms with Crippen LogP contribution in [0.2, 0.25) is 5.15 Å². The third kappa shape index (κ3) is 5.07. The van der Waals surface area contributed by atoms with Gasteiger partial charge in [-0.15, -0.1) is 0 Å². The summed E-state index contributed by atoms with van der Waals surface area (Å²) in [4.78, 5) is 18.1. The first-order chi connectivity index (χ1) is 13.2. The van der Waals surface area contributed by atoms with Crippen LogP contribution in [0.25, 0.3) is 11.1 Å². The second-order valence-electron chi connectivity index (χ2n) is 7.70. The van der Waals surface area contributed by atoms with Crippen molar-refractivity contribution in [1.82, 2.24) is 9.88 Å². The number of aromatic nitrogens is 1. The van der Waals surface area contributed by atoms with E-state index in [1.54, 1.807) is 18.2 Å². The number of methoxy groups -OCH3 is 1. The molecule has 2 aromatic rings. The molecule has 1 atom stereocenters. The molecule has 1 fully saturated rings. The molecular weight excluding hydrogens is 380 g/mol. The average molecular weight is 405 g/mol. The Morgan fingerprint density at radius 1 is 1.25 bits per heavy atom. The molecule has 0 unspecified atom stereocenters. The lowest BCUT2D eigenvalue weighted by Gasteiger charge is -2.24. The Hall–Kier alpha value is -2.47. The van der Waals surface area contributed by atoms with E-state index in [2.05, 4.69) is 4.98 Å². The molecule has 150 valence electrons. The van der Waals surface area contributed by atoms with E-state index in [1.807, 2.05) is 51.1 Å². The summed E-state index contributed by atoms with van der Waals surface area (Å²) in [6, 6.07) is 9.46. The van der Waals surface area contributed by atoms with Crippen LogP contribution in [-0.2, 0) is 4.74 Å². The van der Waals surface area contributed by atoms with E-state index >= 15 is 0 Å². The highest BCUT2D eigenvalue weighted by atomic mass is 35.5. The van der Waals surface area contributed by atoms with E-state index in [9.17, 15) is 4.79 Å². The van der Waals surface area contributed by atoms with Crippen LogP contribution >= 0.6 is 11.6 Å². The molecule has 0 spiro atoms. The quantitative estimate of drug-likeness (QED) is 0.685. The highest BCUT2D eigenvalue weighted by molar-refractivity contribution is 6.32. The van der Waals surface area contributed by atoms with Crippen molar-refractivity contribution in [2.75, 3.05) is 20.2 Å². The van der Waals surface area contributed by atoms with Crippen LogP contribution in [0.5, 0.6) is 11.5 Å². The summed E-state index contributed by atoms with van der Waals surface area (Å²) in [6.45, 7) is 6.65. The fourth-order valence-corrected chi connectivity index (χ4v) is 3.21. The fourth-order valence-electron chi connectivity index (χ4n) is 3.00. The molecule has 28 heavy (non-hydrogen) atoms. The Balaban J connectivity index is 1.69. The molecule has 1 aromatic heterocycles. The summed E-state index contributed by atoms with van der Waals surface area (Å²) in [7, 11) is 1.62. The first kappa shape index (κ1) is 20.3. The minimum absolute atomic E-state index is 0.117. The third-order valence-corrected chi connectivity index (χ3v) is 4.60. The first-order valence-corrected chi connectivity index (χ1v) is 9.57. The topological polar surface area (TPSA) is 60.9 Å². The fraction of sp³-hybridized carbons (Fsp3) is 0.429. The molecule has 0 N–H and O–H groups in total. The number of rotatable bonds is 4. The number of carbonyl (C=O) groups excluding carboxylic acids is 1. The number of nitrogens with zero attached hydrogens (tertiary/aromatic N) is 2. The summed E-state index contributed by atoms with van der Waals surface area (Å²) in [5, 5.41) is 0.391. The van der Waals surface area contributed by atoms with Crippen molar-refractivity contribution in [2.45, 2.75) is 38.9 Å². The molecule has 1 saturated heterocycles. The summed E-state index contributed by atoms with van der Waals surface area (Å²) in [5.74, 6) is 1.35. The first-order valence-electron chi connectivity index (χ1n) is 9.20. The van der Waals surface area contributed by atoms with Crippen molar-refractivity contribution in [3.05, 3.63) is 41.7 Å². The van der Waals surface area contributed by atoms with E-state index < -0.39 is 5.60 Å². The molecule has 0 radical (unpaired) electrons. The van der Waals surface area contributed by atoms with Crippen LogP contribution in [0.1, 0.15) is 27.2 Å². The largest absolute Gasteiger partial charge is 0.497 e. The second kappa shape index (κ2) is 8.27. The Morgan fingerprint density at radius 2 is 2.04 bits per heavy atom. The van der Waals surface area contributed by atoms with E-state index in [0.29, 0.717) is 24.0 Å². The van der Waals surface area contributed by atoms with E-state index in [4.69, 9.17) is 25.8 Å². The number of hydrogen-bond donors (Lipinski definition) is 0. The van der Waals surface area contributed by atoms with Crippen molar-refractivity contribution in [1.29, 1.82) is 0 Å². The number of benzene rings is 1. The van der Waals surface area contributed by atoms with Crippen LogP contribution in [0, 0.1) is 0 Å². The van der Waals surface area contributed by atoms with E-state index in [0.717, 1.165) is 23.3 Å². The van der Waals surface area contributed by atoms with Gasteiger partial charge in [-0.3, -0.25) is 0 Å². The maximum Gasteiger partial charge on any atom is 0.410 e. The van der Waals surface area contributed by atoms with Gasteiger partial charge in [0.15, 0.2) is 0 Å². The van der Waals surface area contributed by atoms with Gasteiger partial charge in [-0.05, 0) is 44.5 Å². The number of ether oxygens (including phenoxy) is 3. The molecule has 1 aliphatic rings. The maximum atomic E-state index is 12.2. The van der Waals surface area contributed by atoms with Gasteiger partial charge >= 0.3 is 6.09 Å². The van der Waals surface area contributed by atoms with Gasteiger partial charge in [-0.25, -0.2) is 9.78 Å². The highest BCUT2D eigenvalue weighted by Gasteiger charge is 2.31. The minimum atomic E-state index is -0.512. The Morgan fingerprint density at radius 3 is 2.75 bits per heavy atom. The number of hydrogen-bond acceptors (Lipinski definition) is 5. The van der Waals surface area contributed by atoms with Gasteiger partial charge in [-0.2, -0.15) is 0 Å². The predicted octanol–water partition coefficient (Wildman–Crippen LogP) is 4.80. The monoisotopic (exact) mass is 404 g/mol. The van der Waals surface area contributed by atoms with Crippen LogP contribution in [0.3, 0.4) is 0 Å². The summed E-state index contributed by atoms with van der Waals surface area (Å²) < 4.78 is 16.8. The molecule has 1 amide bonds. The van der Waals surface area contributed by atoms with E-state index in [-0.39, 0.29) is 12.2 Å². The van der Waals surface area contributed by atoms with Crippen molar-refractivity contribution in [3.8, 4) is 22.6 Å². The zero-order valence-corrected chi connectivity index (χ0v) is 17.3. The SMILES string of the molecule is COc1cccc(-c2cc(O[C@@H]3CCN(C(=O)OC(C)(C)C)C3)cnc2Cl)c1. The van der Waals surface area contributed by atoms with E-state index in [1.165, 1.54) is 0 Å². The van der Waals surface area contributed by atoms with Gasteiger partial charge < -0.3 is 19.1 Å². The third-order valence-electron chi connectivity index (χ3n) is 4.29. The van der Waals surface area contributed by atoms with Crippen molar-refractivity contribution < 1.29 is 19.0 Å². The number of likely N-dealkylation sites (tertiary alicyclic amines) is 1. The number of amides is 1. The van der Waals surface area contributed by atoms with Crippen molar-refractivity contribution >= 4 is 17.7 Å². The number of carbonyl (C=O) groups is 1. The Kier molecular flexibility index (Phi) is 5.98. The molecule has 1 aromatic carbocycles. The normalized spacial score (nSPS) is 16.8. The molecule has 7 heteroatoms. The lowest BCUT2D eigenvalue weighted by molar-refractivity contribution is 0.0275. The molecule has 2 heterocycles. The summed E-state index contributed by atoms with van der Waals surface area (Å²) in [6.07, 6.45) is 1.90. The van der Waals surface area contributed by atoms with Crippen LogP contribution in [0.15, 0.2) is 36.5 Å². The lowest BCUT2D eigenvalue weighted by Crippen LogP contribution is -2.36. The molecule has 0 aliphatic carbocycles. The van der Waals surface area contributed by atoms with Gasteiger partial charge in [0.25, 0.3) is 0 Å². The van der Waals surface area contributed by atoms with Crippen LogP contribution in [-0.4, -0.2) is 47.9 Å². The summed E-state index contributed by atoms with van der Waals surface area (Å²) >= 11 is 6.29. The van der Waals surface area contributed by atoms with Gasteiger partial charge in [0.2, 0.25) is 0 Å². The minimum Gasteiger partial charge on any atom is -0.497 e. The molecular formula is C21H25ClN2O4. The number of halogens is 1. The van der Waals surface area contributed by atoms with Gasteiger partial charge in [0.05, 0.1) is 19.9 Å². The standard InChI is InChI=1S/C21H25ClN2O4/c1-21(2,3)28-20(25)24-9-8-16(13-24)27-17-11-18(19(22)23-12-17)14-6-5-7-15(10-14)26-4/h5-7,10-12,16H,8-9,13H2,1-4H3/t16-/m1/s1. The molecule has 6 nitrogen and oxygen atoms in total. The van der Waals surface area contributed by atoms with Crippen LogP contribution in [0.4, 0.5) is 4.79 Å². The zero-order valence-electron chi connectivity index (χ0n) is 16.6. The van der Waals surface area contributed by atoms with Crippen molar-refractivity contribution in [2.24, 2.45) is 0 Å². The smallest absolute Gasteiger partial charge is 0.410 e. The molecule has 3 rings (SSSR count). The number of pyridine rings is 1. The maximum absolute atomic E-state index is 12.2. The second-order valence-corrected chi connectivity index (χ2v) is 8.05. The highest BCUT2D eigenvalue weighted by Crippen LogP contribution is 2.32.